The molecule has 0 N–H and O–H groups in total. The Morgan fingerprint density at radius 2 is 1.31 bits per heavy atom. The maximum atomic E-state index is 5.40. The van der Waals surface area contributed by atoms with Crippen molar-refractivity contribution in [3.05, 3.63) is 0 Å². The van der Waals surface area contributed by atoms with E-state index in [0.717, 1.165) is 13.1 Å². The highest BCUT2D eigenvalue weighted by Gasteiger charge is 2.46. The van der Waals surface area contributed by atoms with Gasteiger partial charge in [-0.2, -0.15) is 0 Å². The van der Waals surface area contributed by atoms with Crippen LogP contribution < -0.4 is 0 Å². The highest BCUT2D eigenvalue weighted by Crippen LogP contribution is 2.18. The van der Waals surface area contributed by atoms with Crippen molar-refractivity contribution in [3.8, 4) is 0 Å². The molecule has 13 heavy (non-hydrogen) atoms. The first kappa shape index (κ1) is 11.1. The van der Waals surface area contributed by atoms with Crippen LogP contribution in [0.1, 0.15) is 19.3 Å². The van der Waals surface area contributed by atoms with E-state index in [0.29, 0.717) is 0 Å². The standard InChI is InChI=1S/C8H19NO3Si/c1-10-13(11-2,12-3)9-7-5-4-6-8-9/h4-8H2,1-3H3. The lowest BCUT2D eigenvalue weighted by Gasteiger charge is -2.37. The second-order valence-corrected chi connectivity index (χ2v) is 6.09. The van der Waals surface area contributed by atoms with Crippen LogP contribution in [0.15, 0.2) is 0 Å². The maximum absolute atomic E-state index is 5.40. The fourth-order valence-corrected chi connectivity index (χ4v) is 3.94. The third-order valence-corrected chi connectivity index (χ3v) is 5.29. The highest BCUT2D eigenvalue weighted by molar-refractivity contribution is 6.57. The van der Waals surface area contributed by atoms with E-state index in [-0.39, 0.29) is 0 Å². The Bertz CT molecular complexity index is 138. The van der Waals surface area contributed by atoms with Crippen molar-refractivity contribution in [2.75, 3.05) is 34.4 Å². The number of rotatable bonds is 4. The van der Waals surface area contributed by atoms with Crippen LogP contribution in [0.3, 0.4) is 0 Å². The smallest absolute Gasteiger partial charge is 0.364 e. The van der Waals surface area contributed by atoms with Gasteiger partial charge < -0.3 is 13.3 Å². The molecule has 0 aromatic rings. The van der Waals surface area contributed by atoms with E-state index in [9.17, 15) is 0 Å². The first-order valence-corrected chi connectivity index (χ1v) is 6.37. The third-order valence-electron chi connectivity index (χ3n) is 2.52. The zero-order valence-corrected chi connectivity index (χ0v) is 9.71. The molecule has 1 aliphatic heterocycles. The van der Waals surface area contributed by atoms with Crippen LogP contribution in [-0.2, 0) is 13.3 Å². The molecular weight excluding hydrogens is 186 g/mol. The lowest BCUT2D eigenvalue weighted by molar-refractivity contribution is 0.0507. The van der Waals surface area contributed by atoms with E-state index in [1.807, 2.05) is 0 Å². The van der Waals surface area contributed by atoms with Crippen LogP contribution >= 0.6 is 0 Å². The molecule has 1 rings (SSSR count). The van der Waals surface area contributed by atoms with E-state index in [1.165, 1.54) is 19.3 Å². The molecule has 1 heterocycles. The van der Waals surface area contributed by atoms with Crippen molar-refractivity contribution in [1.29, 1.82) is 0 Å². The minimum atomic E-state index is -2.48. The van der Waals surface area contributed by atoms with Gasteiger partial charge in [-0.05, 0) is 25.9 Å². The summed E-state index contributed by atoms with van der Waals surface area (Å²) in [6, 6.07) is 0. The zero-order valence-electron chi connectivity index (χ0n) is 8.71. The minimum absolute atomic E-state index is 1.03. The number of piperidine rings is 1. The molecule has 5 heteroatoms. The Morgan fingerprint density at radius 1 is 0.846 bits per heavy atom. The Hall–Kier alpha value is 0.0569. The molecule has 0 atom stereocenters. The van der Waals surface area contributed by atoms with Crippen molar-refractivity contribution >= 4 is 8.97 Å². The summed E-state index contributed by atoms with van der Waals surface area (Å²) in [5.41, 5.74) is 0. The monoisotopic (exact) mass is 205 g/mol. The predicted octanol–water partition coefficient (Wildman–Crippen LogP) is 0.847. The van der Waals surface area contributed by atoms with Gasteiger partial charge in [0.15, 0.2) is 0 Å². The van der Waals surface area contributed by atoms with Crippen LogP contribution in [-0.4, -0.2) is 48.0 Å². The lowest BCUT2D eigenvalue weighted by Crippen LogP contribution is -2.60. The van der Waals surface area contributed by atoms with Crippen molar-refractivity contribution in [1.82, 2.24) is 4.57 Å². The normalized spacial score (nSPS) is 20.5. The molecule has 0 aliphatic carbocycles. The van der Waals surface area contributed by atoms with Gasteiger partial charge in [0.05, 0.1) is 0 Å². The average molecular weight is 205 g/mol. The average Bonchev–Trinajstić information content (AvgIpc) is 2.23. The molecule has 0 saturated carbocycles. The van der Waals surface area contributed by atoms with Gasteiger partial charge in [0.2, 0.25) is 0 Å². The fraction of sp³-hybridized carbons (Fsp3) is 1.00. The van der Waals surface area contributed by atoms with Gasteiger partial charge in [0, 0.05) is 21.3 Å². The maximum Gasteiger partial charge on any atom is 0.598 e. The lowest BCUT2D eigenvalue weighted by atomic mass is 10.2. The molecule has 1 aliphatic rings. The van der Waals surface area contributed by atoms with Gasteiger partial charge in [0.1, 0.15) is 0 Å². The second kappa shape index (κ2) is 5.07. The molecular formula is C8H19NO3Si. The van der Waals surface area contributed by atoms with Gasteiger partial charge in [-0.3, -0.25) is 4.57 Å². The third kappa shape index (κ3) is 2.29. The second-order valence-electron chi connectivity index (χ2n) is 3.18. The Labute approximate surface area is 81.2 Å². The summed E-state index contributed by atoms with van der Waals surface area (Å²) in [7, 11) is 2.50. The molecule has 0 aromatic carbocycles. The molecule has 1 saturated heterocycles. The summed E-state index contributed by atoms with van der Waals surface area (Å²) in [6.45, 7) is 2.06. The van der Waals surface area contributed by atoms with Crippen LogP contribution in [0.25, 0.3) is 0 Å². The topological polar surface area (TPSA) is 30.9 Å². The van der Waals surface area contributed by atoms with Gasteiger partial charge in [-0.15, -0.1) is 0 Å². The number of hydrogen-bond donors (Lipinski definition) is 0. The molecule has 0 spiro atoms. The molecule has 1 fully saturated rings. The SMILES string of the molecule is CO[Si](OC)(OC)N1CCCCC1. The van der Waals surface area contributed by atoms with Crippen LogP contribution in [0.5, 0.6) is 0 Å². The highest BCUT2D eigenvalue weighted by atomic mass is 28.4. The van der Waals surface area contributed by atoms with E-state index in [4.69, 9.17) is 13.3 Å². The molecule has 0 unspecified atom stereocenters. The van der Waals surface area contributed by atoms with E-state index < -0.39 is 8.97 Å². The zero-order chi connectivity index (χ0) is 9.73. The first-order valence-electron chi connectivity index (χ1n) is 4.69. The largest absolute Gasteiger partial charge is 0.598 e. The van der Waals surface area contributed by atoms with Crippen molar-refractivity contribution in [2.24, 2.45) is 0 Å². The summed E-state index contributed by atoms with van der Waals surface area (Å²) in [5.74, 6) is 0. The van der Waals surface area contributed by atoms with Crippen molar-refractivity contribution in [3.63, 3.8) is 0 Å². The molecule has 78 valence electrons. The van der Waals surface area contributed by atoms with Gasteiger partial charge in [-0.1, -0.05) is 6.42 Å². The molecule has 4 nitrogen and oxygen atoms in total. The molecule has 0 amide bonds. The van der Waals surface area contributed by atoms with E-state index >= 15 is 0 Å². The van der Waals surface area contributed by atoms with Crippen LogP contribution in [0, 0.1) is 0 Å². The van der Waals surface area contributed by atoms with E-state index in [1.54, 1.807) is 21.3 Å². The summed E-state index contributed by atoms with van der Waals surface area (Å²) >= 11 is 0. The molecule has 0 bridgehead atoms. The Kier molecular flexibility index (Phi) is 4.34. The van der Waals surface area contributed by atoms with Crippen molar-refractivity contribution < 1.29 is 13.3 Å². The van der Waals surface area contributed by atoms with E-state index in [2.05, 4.69) is 4.57 Å². The molecule has 0 aromatic heterocycles. The summed E-state index contributed by atoms with van der Waals surface area (Å²) in [6.07, 6.45) is 3.73. The van der Waals surface area contributed by atoms with Crippen LogP contribution in [0.2, 0.25) is 0 Å². The predicted molar refractivity (Wildman–Crippen MR) is 52.2 cm³/mol. The Morgan fingerprint density at radius 3 is 1.69 bits per heavy atom. The quantitative estimate of drug-likeness (QED) is 0.637. The summed E-state index contributed by atoms with van der Waals surface area (Å²) < 4.78 is 18.4. The van der Waals surface area contributed by atoms with Gasteiger partial charge in [0.25, 0.3) is 0 Å². The summed E-state index contributed by atoms with van der Waals surface area (Å²) in [5, 5.41) is 0. The van der Waals surface area contributed by atoms with Gasteiger partial charge in [-0.25, -0.2) is 0 Å². The first-order chi connectivity index (χ1) is 6.29. The van der Waals surface area contributed by atoms with Gasteiger partial charge >= 0.3 is 8.97 Å². The minimum Gasteiger partial charge on any atom is -0.364 e. The molecule has 0 radical (unpaired) electrons. The Balaban J connectivity index is 2.60. The van der Waals surface area contributed by atoms with Crippen LogP contribution in [0.4, 0.5) is 0 Å². The number of nitrogens with zero attached hydrogens (tertiary/aromatic N) is 1. The van der Waals surface area contributed by atoms with Crippen molar-refractivity contribution in [2.45, 2.75) is 19.3 Å². The summed E-state index contributed by atoms with van der Waals surface area (Å²) in [4.78, 5) is 0. The number of hydrogen-bond acceptors (Lipinski definition) is 4. The fourth-order valence-electron chi connectivity index (χ4n) is 1.81.